The minimum atomic E-state index is -0.138. The maximum Gasteiger partial charge on any atom is 0.133 e. The molecular weight excluding hydrogens is 226 g/mol. The summed E-state index contributed by atoms with van der Waals surface area (Å²) < 4.78 is 0. The van der Waals surface area contributed by atoms with E-state index in [-0.39, 0.29) is 12.1 Å². The first-order chi connectivity index (χ1) is 8.66. The first-order valence-electron chi connectivity index (χ1n) is 6.83. The molecule has 98 valence electrons. The Morgan fingerprint density at radius 1 is 1.39 bits per heavy atom. The molecule has 2 fully saturated rings. The third kappa shape index (κ3) is 1.89. The molecule has 2 unspecified atom stereocenters. The summed E-state index contributed by atoms with van der Waals surface area (Å²) in [5.41, 5.74) is 7.16. The maximum atomic E-state index is 9.86. The minimum Gasteiger partial charge on any atom is -0.393 e. The second-order valence-corrected chi connectivity index (χ2v) is 5.62. The monoisotopic (exact) mass is 247 g/mol. The van der Waals surface area contributed by atoms with Crippen LogP contribution in [-0.4, -0.2) is 28.3 Å². The van der Waals surface area contributed by atoms with Gasteiger partial charge in [0.25, 0.3) is 0 Å². The number of aliphatic hydroxyl groups is 1. The van der Waals surface area contributed by atoms with Crippen LogP contribution in [0.4, 0.5) is 5.82 Å². The Morgan fingerprint density at radius 2 is 2.06 bits per heavy atom. The summed E-state index contributed by atoms with van der Waals surface area (Å²) in [5.74, 6) is 1.03. The fourth-order valence-corrected chi connectivity index (χ4v) is 3.47. The molecule has 2 aliphatic rings. The van der Waals surface area contributed by atoms with Crippen molar-refractivity contribution in [1.82, 2.24) is 4.98 Å². The highest BCUT2D eigenvalue weighted by atomic mass is 16.3. The molecule has 3 rings (SSSR count). The maximum absolute atomic E-state index is 9.86. The predicted molar refractivity (Wildman–Crippen MR) is 71.4 cm³/mol. The van der Waals surface area contributed by atoms with Crippen LogP contribution in [0, 0.1) is 0 Å². The molecule has 3 atom stereocenters. The van der Waals surface area contributed by atoms with Crippen molar-refractivity contribution in [2.24, 2.45) is 5.73 Å². The van der Waals surface area contributed by atoms with Crippen molar-refractivity contribution in [2.75, 3.05) is 4.90 Å². The molecule has 0 spiro atoms. The van der Waals surface area contributed by atoms with Crippen LogP contribution in [-0.2, 0) is 0 Å². The van der Waals surface area contributed by atoms with E-state index in [0.717, 1.165) is 37.1 Å². The van der Waals surface area contributed by atoms with E-state index < -0.39 is 0 Å². The predicted octanol–water partition coefficient (Wildman–Crippen LogP) is 1.59. The van der Waals surface area contributed by atoms with Crippen molar-refractivity contribution in [3.05, 3.63) is 23.9 Å². The second-order valence-electron chi connectivity index (χ2n) is 5.62. The molecule has 3 heterocycles. The summed E-state index contributed by atoms with van der Waals surface area (Å²) in [6, 6.07) is 4.89. The third-order valence-corrected chi connectivity index (χ3v) is 4.26. The topological polar surface area (TPSA) is 62.4 Å². The lowest BCUT2D eigenvalue weighted by molar-refractivity contribution is 0.126. The van der Waals surface area contributed by atoms with Crippen molar-refractivity contribution in [3.8, 4) is 0 Å². The zero-order valence-corrected chi connectivity index (χ0v) is 10.8. The highest BCUT2D eigenvalue weighted by Gasteiger charge is 2.41. The quantitative estimate of drug-likeness (QED) is 0.833. The smallest absolute Gasteiger partial charge is 0.133 e. The van der Waals surface area contributed by atoms with Gasteiger partial charge in [0.2, 0.25) is 0 Å². The van der Waals surface area contributed by atoms with Crippen molar-refractivity contribution in [2.45, 2.75) is 56.8 Å². The summed E-state index contributed by atoms with van der Waals surface area (Å²) in [6.45, 7) is 2.00. The Bertz CT molecular complexity index is 421. The molecule has 0 saturated carbocycles. The average Bonchev–Trinajstić information content (AvgIpc) is 2.61. The summed E-state index contributed by atoms with van der Waals surface area (Å²) >= 11 is 0. The molecular formula is C14H21N3O. The van der Waals surface area contributed by atoms with E-state index >= 15 is 0 Å². The number of nitrogens with two attached hydrogens (primary N) is 1. The van der Waals surface area contributed by atoms with Gasteiger partial charge in [0.05, 0.1) is 6.10 Å². The lowest BCUT2D eigenvalue weighted by Gasteiger charge is -2.39. The molecule has 1 aromatic heterocycles. The number of hydrogen-bond donors (Lipinski definition) is 2. The van der Waals surface area contributed by atoms with Gasteiger partial charge in [-0.1, -0.05) is 6.07 Å². The zero-order chi connectivity index (χ0) is 12.7. The van der Waals surface area contributed by atoms with E-state index in [9.17, 15) is 5.11 Å². The lowest BCUT2D eigenvalue weighted by atomic mass is 9.98. The fraction of sp³-hybridized carbons (Fsp3) is 0.643. The number of aromatic nitrogens is 1. The van der Waals surface area contributed by atoms with Gasteiger partial charge in [0, 0.05) is 29.9 Å². The van der Waals surface area contributed by atoms with Gasteiger partial charge in [-0.2, -0.15) is 0 Å². The SMILES string of the molecule is C[C@@H](N)c1cccnc1N1C2CCC1CC(O)C2. The van der Waals surface area contributed by atoms with Crippen LogP contribution in [0.25, 0.3) is 0 Å². The van der Waals surface area contributed by atoms with Gasteiger partial charge in [0.1, 0.15) is 5.82 Å². The van der Waals surface area contributed by atoms with Crippen molar-refractivity contribution >= 4 is 5.82 Å². The van der Waals surface area contributed by atoms with Crippen LogP contribution in [0.2, 0.25) is 0 Å². The highest BCUT2D eigenvalue weighted by molar-refractivity contribution is 5.51. The van der Waals surface area contributed by atoms with E-state index in [1.165, 1.54) is 0 Å². The van der Waals surface area contributed by atoms with Crippen molar-refractivity contribution < 1.29 is 5.11 Å². The van der Waals surface area contributed by atoms with Crippen molar-refractivity contribution in [3.63, 3.8) is 0 Å². The standard InChI is InChI=1S/C14H21N3O/c1-9(15)13-3-2-6-16-14(13)17-10-4-5-11(17)8-12(18)7-10/h2-3,6,9-12,18H,4-5,7-8,15H2,1H3/t9-,10?,11?,12?/m1/s1. The van der Waals surface area contributed by atoms with Crippen LogP contribution in [0.3, 0.4) is 0 Å². The van der Waals surface area contributed by atoms with E-state index in [1.54, 1.807) is 0 Å². The number of nitrogens with zero attached hydrogens (tertiary/aromatic N) is 2. The molecule has 0 radical (unpaired) electrons. The van der Waals surface area contributed by atoms with Gasteiger partial charge in [0.15, 0.2) is 0 Å². The number of aliphatic hydroxyl groups excluding tert-OH is 1. The Hall–Kier alpha value is -1.13. The van der Waals surface area contributed by atoms with Gasteiger partial charge >= 0.3 is 0 Å². The molecule has 4 nitrogen and oxygen atoms in total. The Balaban J connectivity index is 1.96. The lowest BCUT2D eigenvalue weighted by Crippen LogP contribution is -2.45. The van der Waals surface area contributed by atoms with E-state index in [0.29, 0.717) is 12.1 Å². The average molecular weight is 247 g/mol. The third-order valence-electron chi connectivity index (χ3n) is 4.26. The van der Waals surface area contributed by atoms with Gasteiger partial charge in [-0.15, -0.1) is 0 Å². The van der Waals surface area contributed by atoms with E-state index in [4.69, 9.17) is 5.73 Å². The number of anilines is 1. The molecule has 3 N–H and O–H groups in total. The first kappa shape index (κ1) is 11.9. The summed E-state index contributed by atoms with van der Waals surface area (Å²) in [6.07, 6.45) is 5.76. The Labute approximate surface area is 108 Å². The molecule has 18 heavy (non-hydrogen) atoms. The molecule has 0 amide bonds. The fourth-order valence-electron chi connectivity index (χ4n) is 3.47. The summed E-state index contributed by atoms with van der Waals surface area (Å²) in [7, 11) is 0. The number of piperidine rings is 1. The molecule has 0 aromatic carbocycles. The Morgan fingerprint density at radius 3 is 2.67 bits per heavy atom. The van der Waals surface area contributed by atoms with E-state index in [1.807, 2.05) is 19.2 Å². The number of fused-ring (bicyclic) bond motifs is 2. The largest absolute Gasteiger partial charge is 0.393 e. The second kappa shape index (κ2) is 4.52. The highest BCUT2D eigenvalue weighted by Crippen LogP contribution is 2.40. The van der Waals surface area contributed by atoms with Crippen LogP contribution in [0.15, 0.2) is 18.3 Å². The van der Waals surface area contributed by atoms with Crippen LogP contribution >= 0.6 is 0 Å². The number of hydrogen-bond acceptors (Lipinski definition) is 4. The van der Waals surface area contributed by atoms with Gasteiger partial charge in [-0.25, -0.2) is 4.98 Å². The summed E-state index contributed by atoms with van der Waals surface area (Å²) in [4.78, 5) is 6.96. The number of pyridine rings is 1. The van der Waals surface area contributed by atoms with Crippen LogP contribution in [0.5, 0.6) is 0 Å². The van der Waals surface area contributed by atoms with Gasteiger partial charge < -0.3 is 15.7 Å². The molecule has 2 saturated heterocycles. The minimum absolute atomic E-state index is 0.0000463. The van der Waals surface area contributed by atoms with Crippen LogP contribution in [0.1, 0.15) is 44.2 Å². The molecule has 4 heteroatoms. The molecule has 2 aliphatic heterocycles. The zero-order valence-electron chi connectivity index (χ0n) is 10.8. The summed E-state index contributed by atoms with van der Waals surface area (Å²) in [5, 5.41) is 9.86. The first-order valence-corrected chi connectivity index (χ1v) is 6.83. The van der Waals surface area contributed by atoms with Crippen LogP contribution < -0.4 is 10.6 Å². The van der Waals surface area contributed by atoms with E-state index in [2.05, 4.69) is 16.0 Å². The van der Waals surface area contributed by atoms with Gasteiger partial charge in [-0.05, 0) is 38.7 Å². The molecule has 1 aromatic rings. The van der Waals surface area contributed by atoms with Gasteiger partial charge in [-0.3, -0.25) is 0 Å². The molecule has 0 aliphatic carbocycles. The normalized spacial score (nSPS) is 32.6. The van der Waals surface area contributed by atoms with Crippen molar-refractivity contribution in [1.29, 1.82) is 0 Å². The number of rotatable bonds is 2. The Kier molecular flexibility index (Phi) is 2.99. The molecule has 2 bridgehead atoms.